The third-order valence-corrected chi connectivity index (χ3v) is 3.60. The van der Waals surface area contributed by atoms with Gasteiger partial charge in [-0.25, -0.2) is 9.94 Å². The Morgan fingerprint density at radius 1 is 1.42 bits per heavy atom. The first-order chi connectivity index (χ1) is 9.04. The first kappa shape index (κ1) is 11.9. The van der Waals surface area contributed by atoms with Gasteiger partial charge in [0.15, 0.2) is 0 Å². The predicted molar refractivity (Wildman–Crippen MR) is 73.0 cm³/mol. The monoisotopic (exact) mass is 256 g/mol. The molecule has 0 atom stereocenters. The number of carbonyl (C=O) groups excluding carboxylic acids is 1. The van der Waals surface area contributed by atoms with E-state index in [1.54, 1.807) is 0 Å². The van der Waals surface area contributed by atoms with E-state index in [2.05, 4.69) is 28.6 Å². The van der Waals surface area contributed by atoms with E-state index in [1.807, 2.05) is 36.7 Å². The van der Waals surface area contributed by atoms with Gasteiger partial charge in [-0.05, 0) is 38.5 Å². The first-order valence-electron chi connectivity index (χ1n) is 6.40. The second-order valence-electron chi connectivity index (χ2n) is 5.27. The van der Waals surface area contributed by atoms with E-state index in [9.17, 15) is 4.79 Å². The van der Waals surface area contributed by atoms with Crippen LogP contribution in [-0.4, -0.2) is 21.2 Å². The fraction of sp³-hybridized carbons (Fsp3) is 0.357. The van der Waals surface area contributed by atoms with E-state index < -0.39 is 5.41 Å². The summed E-state index contributed by atoms with van der Waals surface area (Å²) in [5, 5.41) is 8.69. The van der Waals surface area contributed by atoms with Gasteiger partial charge in [-0.1, -0.05) is 6.92 Å². The van der Waals surface area contributed by atoms with E-state index in [1.165, 1.54) is 0 Å². The number of hydrogen-bond acceptors (Lipinski definition) is 3. The highest BCUT2D eigenvalue weighted by molar-refractivity contribution is 6.21. The number of hydrazone groups is 1. The Bertz CT molecular complexity index is 697. The lowest BCUT2D eigenvalue weighted by atomic mass is 9.83. The molecule has 2 aromatic rings. The van der Waals surface area contributed by atoms with Crippen LogP contribution in [0.15, 0.2) is 29.5 Å². The van der Waals surface area contributed by atoms with Crippen LogP contribution in [-0.2, 0) is 11.2 Å². The maximum Gasteiger partial charge on any atom is 0.251 e. The molecule has 0 aliphatic carbocycles. The Balaban J connectivity index is 2.21. The van der Waals surface area contributed by atoms with Crippen LogP contribution in [0.3, 0.4) is 0 Å². The highest BCUT2D eigenvalue weighted by Crippen LogP contribution is 2.29. The zero-order valence-electron chi connectivity index (χ0n) is 11.3. The van der Waals surface area contributed by atoms with Crippen LogP contribution in [0.25, 0.3) is 5.52 Å². The highest BCUT2D eigenvalue weighted by Gasteiger charge is 2.40. The lowest BCUT2D eigenvalue weighted by molar-refractivity contribution is -0.125. The number of fused-ring (bicyclic) bond motifs is 1. The van der Waals surface area contributed by atoms with Crippen LogP contribution in [0, 0.1) is 5.41 Å². The van der Waals surface area contributed by atoms with Gasteiger partial charge < -0.3 is 0 Å². The van der Waals surface area contributed by atoms with Crippen LogP contribution < -0.4 is 5.43 Å². The minimum Gasteiger partial charge on any atom is -0.272 e. The summed E-state index contributed by atoms with van der Waals surface area (Å²) in [6.45, 7) is 5.84. The van der Waals surface area contributed by atoms with E-state index in [-0.39, 0.29) is 5.91 Å². The van der Waals surface area contributed by atoms with Crippen LogP contribution in [0.5, 0.6) is 0 Å². The molecule has 1 aliphatic heterocycles. The lowest BCUT2D eigenvalue weighted by Crippen LogP contribution is -2.32. The highest BCUT2D eigenvalue weighted by atomic mass is 16.2. The van der Waals surface area contributed by atoms with Crippen LogP contribution in [0.4, 0.5) is 0 Å². The standard InChI is InChI=1S/C14H16N4O/c1-4-9-8-11-10(6-5-7-18(11)17-9)12-14(2,3)13(19)16-15-12/h5-8H,4H2,1-3H3,(H,16,19). The van der Waals surface area contributed by atoms with E-state index in [0.717, 1.165) is 28.9 Å². The number of aryl methyl sites for hydroxylation is 1. The summed E-state index contributed by atoms with van der Waals surface area (Å²) in [7, 11) is 0. The Morgan fingerprint density at radius 2 is 2.21 bits per heavy atom. The molecular weight excluding hydrogens is 240 g/mol. The van der Waals surface area contributed by atoms with Crippen molar-refractivity contribution in [1.82, 2.24) is 15.0 Å². The van der Waals surface area contributed by atoms with Crippen LogP contribution in [0.1, 0.15) is 32.0 Å². The zero-order chi connectivity index (χ0) is 13.6. The van der Waals surface area contributed by atoms with E-state index >= 15 is 0 Å². The zero-order valence-corrected chi connectivity index (χ0v) is 11.3. The molecule has 0 saturated heterocycles. The minimum atomic E-state index is -0.613. The molecule has 1 amide bonds. The molecule has 98 valence electrons. The third kappa shape index (κ3) is 1.65. The Morgan fingerprint density at radius 3 is 2.84 bits per heavy atom. The van der Waals surface area contributed by atoms with Gasteiger partial charge in [0.1, 0.15) is 0 Å². The fourth-order valence-electron chi connectivity index (χ4n) is 2.33. The summed E-state index contributed by atoms with van der Waals surface area (Å²) < 4.78 is 1.84. The van der Waals surface area contributed by atoms with Crippen LogP contribution in [0.2, 0.25) is 0 Å². The maximum absolute atomic E-state index is 11.8. The Kier molecular flexibility index (Phi) is 2.45. The summed E-state index contributed by atoms with van der Waals surface area (Å²) in [6, 6.07) is 5.96. The average molecular weight is 256 g/mol. The number of pyridine rings is 1. The quantitative estimate of drug-likeness (QED) is 0.890. The second-order valence-corrected chi connectivity index (χ2v) is 5.27. The largest absolute Gasteiger partial charge is 0.272 e. The molecule has 19 heavy (non-hydrogen) atoms. The normalized spacial score (nSPS) is 17.6. The van der Waals surface area contributed by atoms with Crippen molar-refractivity contribution in [2.75, 3.05) is 0 Å². The number of hydrogen-bond donors (Lipinski definition) is 1. The third-order valence-electron chi connectivity index (χ3n) is 3.60. The average Bonchev–Trinajstić information content (AvgIpc) is 2.91. The van der Waals surface area contributed by atoms with Crippen molar-refractivity contribution in [2.45, 2.75) is 27.2 Å². The van der Waals surface area contributed by atoms with Gasteiger partial charge in [0.2, 0.25) is 0 Å². The van der Waals surface area contributed by atoms with Crippen molar-refractivity contribution in [1.29, 1.82) is 0 Å². The summed E-state index contributed by atoms with van der Waals surface area (Å²) >= 11 is 0. The van der Waals surface area contributed by atoms with Gasteiger partial charge in [-0.3, -0.25) is 4.79 Å². The molecule has 2 aromatic heterocycles. The maximum atomic E-state index is 11.8. The molecule has 3 heterocycles. The Labute approximate surface area is 111 Å². The number of rotatable bonds is 2. The molecule has 0 aromatic carbocycles. The summed E-state index contributed by atoms with van der Waals surface area (Å²) in [5.41, 5.74) is 5.70. The summed E-state index contributed by atoms with van der Waals surface area (Å²) in [6.07, 6.45) is 2.80. The lowest BCUT2D eigenvalue weighted by Gasteiger charge is -2.17. The SMILES string of the molecule is CCc1cc2c(C3=NNC(=O)C3(C)C)cccn2n1. The molecule has 3 rings (SSSR count). The molecule has 0 unspecified atom stereocenters. The van der Waals surface area contributed by atoms with Gasteiger partial charge in [0, 0.05) is 11.8 Å². The molecule has 0 bridgehead atoms. The smallest absolute Gasteiger partial charge is 0.251 e. The molecule has 1 aliphatic rings. The van der Waals surface area contributed by atoms with Crippen molar-refractivity contribution in [3.05, 3.63) is 35.7 Å². The molecule has 0 saturated carbocycles. The number of nitrogens with zero attached hydrogens (tertiary/aromatic N) is 3. The van der Waals surface area contributed by atoms with Gasteiger partial charge >= 0.3 is 0 Å². The van der Waals surface area contributed by atoms with Gasteiger partial charge in [-0.2, -0.15) is 10.2 Å². The Hall–Kier alpha value is -2.17. The fourth-order valence-corrected chi connectivity index (χ4v) is 2.33. The van der Waals surface area contributed by atoms with E-state index in [4.69, 9.17) is 0 Å². The minimum absolute atomic E-state index is 0.0697. The van der Waals surface area contributed by atoms with Crippen molar-refractivity contribution >= 4 is 17.1 Å². The second kappa shape index (κ2) is 3.91. The van der Waals surface area contributed by atoms with Gasteiger partial charge in [0.05, 0.1) is 22.3 Å². The number of aromatic nitrogens is 2. The van der Waals surface area contributed by atoms with Crippen molar-refractivity contribution in [3.8, 4) is 0 Å². The predicted octanol–water partition coefficient (Wildman–Crippen LogP) is 1.76. The molecule has 0 spiro atoms. The number of nitrogens with one attached hydrogen (secondary N) is 1. The topological polar surface area (TPSA) is 58.8 Å². The first-order valence-corrected chi connectivity index (χ1v) is 6.40. The van der Waals surface area contributed by atoms with E-state index in [0.29, 0.717) is 0 Å². The molecular formula is C14H16N4O. The molecule has 1 N–H and O–H groups in total. The summed E-state index contributed by atoms with van der Waals surface area (Å²) in [5.74, 6) is -0.0697. The number of carbonyl (C=O) groups is 1. The van der Waals surface area contributed by atoms with Crippen molar-refractivity contribution in [3.63, 3.8) is 0 Å². The number of amides is 1. The summed E-state index contributed by atoms with van der Waals surface area (Å²) in [4.78, 5) is 11.8. The molecule has 5 heteroatoms. The van der Waals surface area contributed by atoms with Gasteiger partial charge in [-0.15, -0.1) is 0 Å². The van der Waals surface area contributed by atoms with Gasteiger partial charge in [0.25, 0.3) is 5.91 Å². The van der Waals surface area contributed by atoms with Crippen LogP contribution >= 0.6 is 0 Å². The van der Waals surface area contributed by atoms with Crippen molar-refractivity contribution in [2.24, 2.45) is 10.5 Å². The van der Waals surface area contributed by atoms with Crippen molar-refractivity contribution < 1.29 is 4.79 Å². The molecule has 0 radical (unpaired) electrons. The molecule has 5 nitrogen and oxygen atoms in total. The molecule has 0 fully saturated rings.